The smallest absolute Gasteiger partial charge is 0.243 e. The lowest BCUT2D eigenvalue weighted by molar-refractivity contribution is 0.466. The monoisotopic (exact) mass is 309 g/mol. The second kappa shape index (κ2) is 6.30. The zero-order valence-electron chi connectivity index (χ0n) is 11.5. The Labute approximate surface area is 123 Å². The van der Waals surface area contributed by atoms with Gasteiger partial charge >= 0.3 is 0 Å². The van der Waals surface area contributed by atoms with Crippen LogP contribution >= 0.6 is 0 Å². The van der Waals surface area contributed by atoms with Gasteiger partial charge in [0.15, 0.2) is 0 Å². The van der Waals surface area contributed by atoms with Gasteiger partial charge in [0, 0.05) is 38.1 Å². The molecule has 0 aliphatic heterocycles. The molecule has 2 rings (SSSR count). The van der Waals surface area contributed by atoms with Gasteiger partial charge in [0.25, 0.3) is 0 Å². The molecule has 21 heavy (non-hydrogen) atoms. The third-order valence-electron chi connectivity index (χ3n) is 3.10. The largest absolute Gasteiger partial charge is 0.326 e. The fourth-order valence-corrected chi connectivity index (χ4v) is 3.09. The number of hydrogen-bond acceptors (Lipinski definition) is 4. The fraction of sp³-hybridized carbons (Fsp3) is 0.214. The lowest BCUT2D eigenvalue weighted by Crippen LogP contribution is -2.26. The summed E-state index contributed by atoms with van der Waals surface area (Å²) in [6.07, 6.45) is 3.19. The van der Waals surface area contributed by atoms with Crippen molar-refractivity contribution in [1.82, 2.24) is 9.29 Å². The van der Waals surface area contributed by atoms with E-state index in [0.717, 1.165) is 11.6 Å². The SMILES string of the molecule is CN(Cc1ccncc1)S(=O)(=O)c1ccc(F)c(CN)c1. The van der Waals surface area contributed by atoms with Crippen molar-refractivity contribution in [3.63, 3.8) is 0 Å². The van der Waals surface area contributed by atoms with Crippen molar-refractivity contribution in [3.8, 4) is 0 Å². The van der Waals surface area contributed by atoms with Gasteiger partial charge in [-0.05, 0) is 35.9 Å². The summed E-state index contributed by atoms with van der Waals surface area (Å²) in [6.45, 7) is 0.156. The van der Waals surface area contributed by atoms with Crippen molar-refractivity contribution in [2.24, 2.45) is 5.73 Å². The normalized spacial score (nSPS) is 11.8. The Kier molecular flexibility index (Phi) is 4.66. The minimum absolute atomic E-state index is 0.0286. The summed E-state index contributed by atoms with van der Waals surface area (Å²) < 4.78 is 39.5. The molecule has 2 aromatic rings. The minimum Gasteiger partial charge on any atom is -0.326 e. The molecule has 0 bridgehead atoms. The van der Waals surface area contributed by atoms with Crippen molar-refractivity contribution >= 4 is 10.0 Å². The fourth-order valence-electron chi connectivity index (χ4n) is 1.88. The zero-order valence-corrected chi connectivity index (χ0v) is 12.3. The van der Waals surface area contributed by atoms with E-state index in [0.29, 0.717) is 0 Å². The molecule has 0 aliphatic carbocycles. The van der Waals surface area contributed by atoms with E-state index in [1.54, 1.807) is 24.5 Å². The van der Waals surface area contributed by atoms with Gasteiger partial charge in [0.2, 0.25) is 10.0 Å². The molecule has 0 saturated heterocycles. The van der Waals surface area contributed by atoms with Crippen molar-refractivity contribution in [1.29, 1.82) is 0 Å². The van der Waals surface area contributed by atoms with Crippen molar-refractivity contribution in [2.75, 3.05) is 7.05 Å². The Bertz CT molecular complexity index is 720. The summed E-state index contributed by atoms with van der Waals surface area (Å²) in [5.74, 6) is -0.506. The molecule has 112 valence electrons. The van der Waals surface area contributed by atoms with Gasteiger partial charge in [-0.15, -0.1) is 0 Å². The molecule has 0 aliphatic rings. The van der Waals surface area contributed by atoms with Crippen LogP contribution in [0.1, 0.15) is 11.1 Å². The number of sulfonamides is 1. The van der Waals surface area contributed by atoms with E-state index < -0.39 is 15.8 Å². The first-order valence-corrected chi connectivity index (χ1v) is 7.73. The number of nitrogens with two attached hydrogens (primary N) is 1. The number of hydrogen-bond donors (Lipinski definition) is 1. The highest BCUT2D eigenvalue weighted by molar-refractivity contribution is 7.89. The number of pyridine rings is 1. The Morgan fingerprint density at radius 2 is 1.90 bits per heavy atom. The van der Waals surface area contributed by atoms with Crippen LogP contribution in [0.25, 0.3) is 0 Å². The molecule has 5 nitrogen and oxygen atoms in total. The highest BCUT2D eigenvalue weighted by Crippen LogP contribution is 2.19. The third kappa shape index (κ3) is 3.44. The van der Waals surface area contributed by atoms with E-state index in [2.05, 4.69) is 4.98 Å². The summed E-state index contributed by atoms with van der Waals surface area (Å²) in [7, 11) is -2.22. The number of benzene rings is 1. The molecule has 0 fully saturated rings. The standard InChI is InChI=1S/C14H16FN3O2S/c1-18(10-11-4-6-17-7-5-11)21(19,20)13-2-3-14(15)12(8-13)9-16/h2-8H,9-10,16H2,1H3. The van der Waals surface area contributed by atoms with Gasteiger partial charge < -0.3 is 5.73 Å². The topological polar surface area (TPSA) is 76.3 Å². The van der Waals surface area contributed by atoms with Crippen molar-refractivity contribution in [3.05, 3.63) is 59.7 Å². The molecule has 0 amide bonds. The van der Waals surface area contributed by atoms with Gasteiger partial charge in [0.1, 0.15) is 5.82 Å². The van der Waals surface area contributed by atoms with Gasteiger partial charge in [0.05, 0.1) is 4.90 Å². The summed E-state index contributed by atoms with van der Waals surface area (Å²) in [5, 5.41) is 0. The van der Waals surface area contributed by atoms with Crippen LogP contribution in [0.15, 0.2) is 47.6 Å². The second-order valence-corrected chi connectivity index (χ2v) is 6.62. The lowest BCUT2D eigenvalue weighted by Gasteiger charge is -2.17. The first-order valence-electron chi connectivity index (χ1n) is 6.29. The van der Waals surface area contributed by atoms with Crippen LogP contribution in [0.5, 0.6) is 0 Å². The Hall–Kier alpha value is -1.83. The summed E-state index contributed by atoms with van der Waals surface area (Å²) in [5.41, 5.74) is 6.40. The maximum absolute atomic E-state index is 13.4. The quantitative estimate of drug-likeness (QED) is 0.908. The van der Waals surface area contributed by atoms with Gasteiger partial charge in [-0.3, -0.25) is 4.98 Å². The maximum Gasteiger partial charge on any atom is 0.243 e. The second-order valence-electron chi connectivity index (χ2n) is 4.57. The third-order valence-corrected chi connectivity index (χ3v) is 4.90. The number of nitrogens with zero attached hydrogens (tertiary/aromatic N) is 2. The molecule has 0 spiro atoms. The summed E-state index contributed by atoms with van der Waals surface area (Å²) in [4.78, 5) is 3.91. The van der Waals surface area contributed by atoms with E-state index in [-0.39, 0.29) is 23.5 Å². The van der Waals surface area contributed by atoms with Crippen molar-refractivity contribution < 1.29 is 12.8 Å². The van der Waals surface area contributed by atoms with Crippen LogP contribution in [0.2, 0.25) is 0 Å². The molecular formula is C14H16FN3O2S. The van der Waals surface area contributed by atoms with E-state index >= 15 is 0 Å². The molecular weight excluding hydrogens is 293 g/mol. The Balaban J connectivity index is 2.29. The van der Waals surface area contributed by atoms with Gasteiger partial charge in [-0.2, -0.15) is 4.31 Å². The first-order chi connectivity index (χ1) is 9.95. The van der Waals surface area contributed by atoms with E-state index in [4.69, 9.17) is 5.73 Å². The molecule has 2 N–H and O–H groups in total. The van der Waals surface area contributed by atoms with Crippen LogP contribution in [-0.2, 0) is 23.1 Å². The van der Waals surface area contributed by atoms with E-state index in [1.165, 1.54) is 23.5 Å². The predicted molar refractivity (Wildman–Crippen MR) is 77.2 cm³/mol. The molecule has 1 aromatic heterocycles. The van der Waals surface area contributed by atoms with E-state index in [1.807, 2.05) is 0 Å². The molecule has 1 heterocycles. The molecule has 0 unspecified atom stereocenters. The minimum atomic E-state index is -3.70. The Morgan fingerprint density at radius 1 is 1.24 bits per heavy atom. The maximum atomic E-state index is 13.4. The average molecular weight is 309 g/mol. The predicted octanol–water partition coefficient (Wildman–Crippen LogP) is 1.50. The number of aromatic nitrogens is 1. The molecule has 0 saturated carbocycles. The van der Waals surface area contributed by atoms with Crippen LogP contribution in [0, 0.1) is 5.82 Å². The van der Waals surface area contributed by atoms with Crippen molar-refractivity contribution in [2.45, 2.75) is 18.0 Å². The first kappa shape index (κ1) is 15.6. The van der Waals surface area contributed by atoms with Gasteiger partial charge in [-0.25, -0.2) is 12.8 Å². The van der Waals surface area contributed by atoms with Crippen LogP contribution in [0.4, 0.5) is 4.39 Å². The summed E-state index contributed by atoms with van der Waals surface area (Å²) in [6, 6.07) is 7.11. The number of rotatable bonds is 5. The van der Waals surface area contributed by atoms with E-state index in [9.17, 15) is 12.8 Å². The summed E-state index contributed by atoms with van der Waals surface area (Å²) >= 11 is 0. The molecule has 0 radical (unpaired) electrons. The highest BCUT2D eigenvalue weighted by atomic mass is 32.2. The van der Waals surface area contributed by atoms with Crippen LogP contribution in [0.3, 0.4) is 0 Å². The number of halogens is 1. The van der Waals surface area contributed by atoms with Gasteiger partial charge in [-0.1, -0.05) is 0 Å². The molecule has 0 atom stereocenters. The average Bonchev–Trinajstić information content (AvgIpc) is 2.48. The van der Waals surface area contributed by atoms with Crippen LogP contribution < -0.4 is 5.73 Å². The lowest BCUT2D eigenvalue weighted by atomic mass is 10.2. The van der Waals surface area contributed by atoms with Crippen LogP contribution in [-0.4, -0.2) is 24.8 Å². The molecule has 7 heteroatoms. The Morgan fingerprint density at radius 3 is 2.52 bits per heavy atom. The molecule has 1 aromatic carbocycles. The highest BCUT2D eigenvalue weighted by Gasteiger charge is 2.22. The zero-order chi connectivity index (χ0) is 15.5.